The summed E-state index contributed by atoms with van der Waals surface area (Å²) in [5.41, 5.74) is 0.841. The third-order valence-electron chi connectivity index (χ3n) is 4.70. The number of piperidine rings is 1. The van der Waals surface area contributed by atoms with Crippen molar-refractivity contribution in [3.05, 3.63) is 23.2 Å². The van der Waals surface area contributed by atoms with Gasteiger partial charge in [0.15, 0.2) is 0 Å². The molecule has 0 bridgehead atoms. The van der Waals surface area contributed by atoms with Crippen molar-refractivity contribution in [1.29, 1.82) is 0 Å². The van der Waals surface area contributed by atoms with Crippen molar-refractivity contribution in [2.45, 2.75) is 32.2 Å². The second-order valence-electron chi connectivity index (χ2n) is 6.58. The van der Waals surface area contributed by atoms with Crippen LogP contribution in [0.1, 0.15) is 26.2 Å². The number of carbonyl (C=O) groups is 2. The zero-order valence-electron chi connectivity index (χ0n) is 14.5. The molecule has 1 N–H and O–H groups in total. The fourth-order valence-corrected chi connectivity index (χ4v) is 3.47. The van der Waals surface area contributed by atoms with Crippen molar-refractivity contribution in [2.24, 2.45) is 0 Å². The van der Waals surface area contributed by atoms with Gasteiger partial charge in [0.05, 0.1) is 18.8 Å². The van der Waals surface area contributed by atoms with Gasteiger partial charge in [-0.3, -0.25) is 9.59 Å². The molecule has 1 fully saturated rings. The Labute approximate surface area is 153 Å². The molecule has 0 saturated carbocycles. The van der Waals surface area contributed by atoms with Gasteiger partial charge in [-0.15, -0.1) is 0 Å². The number of halogens is 1. The van der Waals surface area contributed by atoms with Gasteiger partial charge in [0.1, 0.15) is 12.4 Å². The van der Waals surface area contributed by atoms with Gasteiger partial charge in [-0.2, -0.15) is 0 Å². The van der Waals surface area contributed by atoms with Crippen LogP contribution in [0.25, 0.3) is 0 Å². The molecule has 2 amide bonds. The van der Waals surface area contributed by atoms with E-state index in [2.05, 4.69) is 5.32 Å². The highest BCUT2D eigenvalue weighted by Crippen LogP contribution is 2.33. The van der Waals surface area contributed by atoms with Gasteiger partial charge >= 0.3 is 0 Å². The van der Waals surface area contributed by atoms with E-state index in [1.165, 1.54) is 0 Å². The molecule has 7 heteroatoms. The molecule has 0 spiro atoms. The van der Waals surface area contributed by atoms with Crippen LogP contribution in [0.2, 0.25) is 5.02 Å². The molecule has 0 aromatic heterocycles. The standard InChI is InChI=1S/C18H24ClN3O3/c1-13(22-7-3-2-4-18(22)24)11-20-17(23)12-21-8-9-25-16-6-5-14(19)10-15(16)21/h5-6,10,13H,2-4,7-9,11-12H2,1H3,(H,20,23). The lowest BCUT2D eigenvalue weighted by atomic mass is 10.1. The van der Waals surface area contributed by atoms with Gasteiger partial charge in [-0.1, -0.05) is 11.6 Å². The topological polar surface area (TPSA) is 61.9 Å². The summed E-state index contributed by atoms with van der Waals surface area (Å²) < 4.78 is 5.60. The summed E-state index contributed by atoms with van der Waals surface area (Å²) in [4.78, 5) is 28.1. The number of ether oxygens (including phenoxy) is 1. The third-order valence-corrected chi connectivity index (χ3v) is 4.94. The number of amides is 2. The number of anilines is 1. The zero-order chi connectivity index (χ0) is 17.8. The number of hydrogen-bond acceptors (Lipinski definition) is 4. The fourth-order valence-electron chi connectivity index (χ4n) is 3.30. The van der Waals surface area contributed by atoms with E-state index in [9.17, 15) is 9.59 Å². The Morgan fingerprint density at radius 3 is 3.00 bits per heavy atom. The quantitative estimate of drug-likeness (QED) is 0.867. The Kier molecular flexibility index (Phi) is 5.68. The molecular formula is C18H24ClN3O3. The molecule has 25 heavy (non-hydrogen) atoms. The molecule has 1 aromatic carbocycles. The van der Waals surface area contributed by atoms with E-state index in [0.29, 0.717) is 31.1 Å². The van der Waals surface area contributed by atoms with Gasteiger partial charge in [-0.25, -0.2) is 0 Å². The summed E-state index contributed by atoms with van der Waals surface area (Å²) in [5, 5.41) is 3.56. The lowest BCUT2D eigenvalue weighted by Crippen LogP contribution is -2.49. The van der Waals surface area contributed by atoms with Crippen LogP contribution < -0.4 is 15.0 Å². The van der Waals surface area contributed by atoms with E-state index in [-0.39, 0.29) is 24.4 Å². The smallest absolute Gasteiger partial charge is 0.239 e. The largest absolute Gasteiger partial charge is 0.490 e. The van der Waals surface area contributed by atoms with E-state index in [1.54, 1.807) is 6.07 Å². The second-order valence-corrected chi connectivity index (χ2v) is 7.02. The van der Waals surface area contributed by atoms with Crippen LogP contribution in [-0.2, 0) is 9.59 Å². The predicted octanol–water partition coefficient (Wildman–Crippen LogP) is 2.06. The maximum atomic E-state index is 12.3. The minimum atomic E-state index is -0.0656. The number of carbonyl (C=O) groups excluding carboxylic acids is 2. The van der Waals surface area contributed by atoms with E-state index in [1.807, 2.05) is 28.9 Å². The van der Waals surface area contributed by atoms with E-state index in [4.69, 9.17) is 16.3 Å². The monoisotopic (exact) mass is 365 g/mol. The van der Waals surface area contributed by atoms with Gasteiger partial charge in [-0.05, 0) is 38.0 Å². The first kappa shape index (κ1) is 17.9. The fraction of sp³-hybridized carbons (Fsp3) is 0.556. The molecule has 6 nitrogen and oxygen atoms in total. The number of fused-ring (bicyclic) bond motifs is 1. The average molecular weight is 366 g/mol. The Morgan fingerprint density at radius 1 is 1.36 bits per heavy atom. The Bertz CT molecular complexity index is 652. The molecule has 3 rings (SSSR count). The number of benzene rings is 1. The maximum Gasteiger partial charge on any atom is 0.239 e. The van der Waals surface area contributed by atoms with Crippen LogP contribution in [0.3, 0.4) is 0 Å². The lowest BCUT2D eigenvalue weighted by Gasteiger charge is -2.33. The van der Waals surface area contributed by atoms with E-state index in [0.717, 1.165) is 30.8 Å². The number of hydrogen-bond donors (Lipinski definition) is 1. The summed E-state index contributed by atoms with van der Waals surface area (Å²) in [7, 11) is 0. The summed E-state index contributed by atoms with van der Waals surface area (Å²) in [5.74, 6) is 0.865. The number of nitrogens with zero attached hydrogens (tertiary/aromatic N) is 2. The minimum Gasteiger partial charge on any atom is -0.490 e. The van der Waals surface area contributed by atoms with Crippen molar-refractivity contribution in [2.75, 3.05) is 37.7 Å². The van der Waals surface area contributed by atoms with Gasteiger partial charge < -0.3 is 19.9 Å². The van der Waals surface area contributed by atoms with Crippen LogP contribution in [0, 0.1) is 0 Å². The second kappa shape index (κ2) is 7.95. The van der Waals surface area contributed by atoms with Crippen molar-refractivity contribution in [3.8, 4) is 5.75 Å². The summed E-state index contributed by atoms with van der Waals surface area (Å²) in [6, 6.07) is 5.44. The van der Waals surface area contributed by atoms with Crippen molar-refractivity contribution in [3.63, 3.8) is 0 Å². The molecule has 2 aliphatic heterocycles. The predicted molar refractivity (Wildman–Crippen MR) is 97.2 cm³/mol. The third kappa shape index (κ3) is 4.37. The number of rotatable bonds is 5. The van der Waals surface area contributed by atoms with Crippen molar-refractivity contribution >= 4 is 29.1 Å². The highest BCUT2D eigenvalue weighted by molar-refractivity contribution is 6.31. The SMILES string of the molecule is CC(CNC(=O)CN1CCOc2ccc(Cl)cc21)N1CCCCC1=O. The lowest BCUT2D eigenvalue weighted by molar-refractivity contribution is -0.135. The average Bonchev–Trinajstić information content (AvgIpc) is 2.60. The van der Waals surface area contributed by atoms with Crippen LogP contribution in [0.4, 0.5) is 5.69 Å². The normalized spacial score (nSPS) is 18.4. The van der Waals surface area contributed by atoms with Gasteiger partial charge in [0.25, 0.3) is 0 Å². The minimum absolute atomic E-state index is 0.0168. The molecule has 1 atom stereocenters. The molecule has 0 aliphatic carbocycles. The molecular weight excluding hydrogens is 342 g/mol. The Morgan fingerprint density at radius 2 is 2.20 bits per heavy atom. The number of nitrogens with one attached hydrogen (secondary N) is 1. The van der Waals surface area contributed by atoms with E-state index < -0.39 is 0 Å². The Hall–Kier alpha value is -1.95. The molecule has 1 aromatic rings. The van der Waals surface area contributed by atoms with Crippen LogP contribution in [-0.4, -0.2) is 55.5 Å². The highest BCUT2D eigenvalue weighted by atomic mass is 35.5. The number of likely N-dealkylation sites (tertiary alicyclic amines) is 1. The molecule has 1 saturated heterocycles. The van der Waals surface area contributed by atoms with Crippen LogP contribution >= 0.6 is 11.6 Å². The molecule has 2 aliphatic rings. The molecule has 2 heterocycles. The maximum absolute atomic E-state index is 12.3. The van der Waals surface area contributed by atoms with Crippen LogP contribution in [0.15, 0.2) is 18.2 Å². The molecule has 1 unspecified atom stereocenters. The molecule has 0 radical (unpaired) electrons. The van der Waals surface area contributed by atoms with Crippen LogP contribution in [0.5, 0.6) is 5.75 Å². The Balaban J connectivity index is 1.53. The zero-order valence-corrected chi connectivity index (χ0v) is 15.2. The summed E-state index contributed by atoms with van der Waals surface area (Å²) in [6.45, 7) is 4.66. The van der Waals surface area contributed by atoms with Gasteiger partial charge in [0, 0.05) is 30.6 Å². The first-order valence-corrected chi connectivity index (χ1v) is 9.16. The van der Waals surface area contributed by atoms with Crippen molar-refractivity contribution in [1.82, 2.24) is 10.2 Å². The first-order valence-electron chi connectivity index (χ1n) is 8.78. The van der Waals surface area contributed by atoms with E-state index >= 15 is 0 Å². The first-order chi connectivity index (χ1) is 12.0. The van der Waals surface area contributed by atoms with Gasteiger partial charge in [0.2, 0.25) is 11.8 Å². The van der Waals surface area contributed by atoms with Crippen molar-refractivity contribution < 1.29 is 14.3 Å². The summed E-state index contributed by atoms with van der Waals surface area (Å²) >= 11 is 6.06. The summed E-state index contributed by atoms with van der Waals surface area (Å²) in [6.07, 6.45) is 2.62. The highest BCUT2D eigenvalue weighted by Gasteiger charge is 2.24. The molecule has 136 valence electrons.